The summed E-state index contributed by atoms with van der Waals surface area (Å²) >= 11 is 0. The molecule has 2 aromatic heterocycles. The van der Waals surface area contributed by atoms with E-state index >= 15 is 0 Å². The molecule has 0 fully saturated rings. The number of aryl methyl sites for hydroxylation is 1. The van der Waals surface area contributed by atoms with E-state index in [4.69, 9.17) is 14.3 Å². The first-order chi connectivity index (χ1) is 16.2. The van der Waals surface area contributed by atoms with E-state index in [9.17, 15) is 9.90 Å². The summed E-state index contributed by atoms with van der Waals surface area (Å²) in [5.41, 5.74) is 5.70. The number of aliphatic carboxylic acids is 1. The van der Waals surface area contributed by atoms with Gasteiger partial charge in [0.15, 0.2) is 6.10 Å². The Kier molecular flexibility index (Phi) is 6.71. The number of hydrogen-bond acceptors (Lipinski definition) is 4. The Balaban J connectivity index is 1.50. The van der Waals surface area contributed by atoms with Crippen molar-refractivity contribution in [1.82, 2.24) is 4.98 Å². The van der Waals surface area contributed by atoms with Gasteiger partial charge >= 0.3 is 5.97 Å². The molecule has 3 N–H and O–H groups in total. The van der Waals surface area contributed by atoms with Gasteiger partial charge in [0.2, 0.25) is 0 Å². The van der Waals surface area contributed by atoms with Gasteiger partial charge in [0.1, 0.15) is 11.3 Å². The van der Waals surface area contributed by atoms with E-state index in [-0.39, 0.29) is 5.41 Å². The number of aliphatic hydroxyl groups excluding tert-OH is 1. The highest BCUT2D eigenvalue weighted by Crippen LogP contribution is 2.35. The highest BCUT2D eigenvalue weighted by atomic mass is 16.5. The third-order valence-corrected chi connectivity index (χ3v) is 5.98. The zero-order chi connectivity index (χ0) is 24.5. The molecule has 180 valence electrons. The quantitative estimate of drug-likeness (QED) is 0.275. The number of H-pyrrole nitrogens is 1. The minimum Gasteiger partial charge on any atom is -0.493 e. The Bertz CT molecular complexity index is 1310. The summed E-state index contributed by atoms with van der Waals surface area (Å²) in [7, 11) is 0. The van der Waals surface area contributed by atoms with Gasteiger partial charge in [0, 0.05) is 34.0 Å². The Hall–Kier alpha value is -3.25. The lowest BCUT2D eigenvalue weighted by Gasteiger charge is -2.17. The Morgan fingerprint density at radius 1 is 1.15 bits per heavy atom. The third-order valence-electron chi connectivity index (χ3n) is 5.98. The third kappa shape index (κ3) is 5.12. The zero-order valence-corrected chi connectivity index (χ0v) is 20.3. The van der Waals surface area contributed by atoms with E-state index < -0.39 is 12.1 Å². The molecule has 0 amide bonds. The van der Waals surface area contributed by atoms with Crippen molar-refractivity contribution in [1.29, 1.82) is 0 Å². The number of aromatic nitrogens is 1. The summed E-state index contributed by atoms with van der Waals surface area (Å²) in [4.78, 5) is 14.4. The highest BCUT2D eigenvalue weighted by Gasteiger charge is 2.19. The van der Waals surface area contributed by atoms with E-state index in [1.165, 1.54) is 10.9 Å². The van der Waals surface area contributed by atoms with Gasteiger partial charge in [0.25, 0.3) is 0 Å². The van der Waals surface area contributed by atoms with Crippen molar-refractivity contribution in [3.8, 4) is 5.75 Å². The topological polar surface area (TPSA) is 95.7 Å². The van der Waals surface area contributed by atoms with Crippen LogP contribution in [0.25, 0.3) is 21.9 Å². The molecule has 0 saturated carbocycles. The molecular formula is C28H33NO5. The van der Waals surface area contributed by atoms with Crippen molar-refractivity contribution >= 4 is 27.8 Å². The summed E-state index contributed by atoms with van der Waals surface area (Å²) in [5, 5.41) is 20.9. The molecule has 1 unspecified atom stereocenters. The minimum absolute atomic E-state index is 0.183. The molecule has 0 spiro atoms. The largest absolute Gasteiger partial charge is 0.493 e. The van der Waals surface area contributed by atoms with E-state index in [0.717, 1.165) is 52.8 Å². The summed E-state index contributed by atoms with van der Waals surface area (Å²) in [6, 6.07) is 11.3. The normalized spacial score (nSPS) is 13.0. The predicted molar refractivity (Wildman–Crippen MR) is 133 cm³/mol. The lowest BCUT2D eigenvalue weighted by molar-refractivity contribution is -0.146. The SMILES string of the molecule is CCCc1c(OCCc2cc3cc(C(O)C(=O)O)ccc3[nH]2)ccc2c(CC(C)(C)C)coc12. The molecule has 2 aromatic carbocycles. The number of fused-ring (bicyclic) bond motifs is 2. The molecule has 0 bridgehead atoms. The fraction of sp³-hybridized carbons (Fsp3) is 0.393. The highest BCUT2D eigenvalue weighted by molar-refractivity contribution is 5.86. The second-order valence-corrected chi connectivity index (χ2v) is 10.1. The first-order valence-electron chi connectivity index (χ1n) is 11.8. The maximum Gasteiger partial charge on any atom is 0.337 e. The van der Waals surface area contributed by atoms with Crippen LogP contribution in [0.15, 0.2) is 47.1 Å². The average Bonchev–Trinajstić information content (AvgIpc) is 3.36. The number of ether oxygens (including phenoxy) is 1. The molecule has 2 heterocycles. The summed E-state index contributed by atoms with van der Waals surface area (Å²) < 4.78 is 12.2. The Morgan fingerprint density at radius 2 is 1.94 bits per heavy atom. The van der Waals surface area contributed by atoms with Crippen molar-refractivity contribution in [2.24, 2.45) is 5.41 Å². The van der Waals surface area contributed by atoms with Crippen LogP contribution < -0.4 is 4.74 Å². The number of aliphatic hydroxyl groups is 1. The average molecular weight is 464 g/mol. The van der Waals surface area contributed by atoms with Gasteiger partial charge in [-0.2, -0.15) is 0 Å². The molecular weight excluding hydrogens is 430 g/mol. The lowest BCUT2D eigenvalue weighted by atomic mass is 9.88. The van der Waals surface area contributed by atoms with Crippen LogP contribution in [0.4, 0.5) is 0 Å². The zero-order valence-electron chi connectivity index (χ0n) is 20.3. The van der Waals surface area contributed by atoms with E-state index in [0.29, 0.717) is 18.6 Å². The Morgan fingerprint density at radius 3 is 2.65 bits per heavy atom. The van der Waals surface area contributed by atoms with E-state index in [1.54, 1.807) is 18.2 Å². The molecule has 0 aliphatic rings. The minimum atomic E-state index is -1.52. The van der Waals surface area contributed by atoms with Crippen molar-refractivity contribution in [2.45, 2.75) is 59.5 Å². The second kappa shape index (κ2) is 9.55. The van der Waals surface area contributed by atoms with Crippen molar-refractivity contribution < 1.29 is 24.2 Å². The molecule has 0 aliphatic heterocycles. The summed E-state index contributed by atoms with van der Waals surface area (Å²) in [6.07, 6.45) is 3.87. The maximum absolute atomic E-state index is 11.1. The van der Waals surface area contributed by atoms with Gasteiger partial charge < -0.3 is 24.4 Å². The number of hydrogen-bond donors (Lipinski definition) is 3. The number of benzene rings is 2. The molecule has 0 saturated heterocycles. The van der Waals surface area contributed by atoms with Crippen LogP contribution in [0, 0.1) is 5.41 Å². The number of carbonyl (C=O) groups is 1. The van der Waals surface area contributed by atoms with E-state index in [2.05, 4.69) is 44.8 Å². The summed E-state index contributed by atoms with van der Waals surface area (Å²) in [5.74, 6) is -0.403. The molecule has 0 radical (unpaired) electrons. The lowest BCUT2D eigenvalue weighted by Crippen LogP contribution is -2.09. The van der Waals surface area contributed by atoms with Gasteiger partial charge in [-0.3, -0.25) is 0 Å². The number of nitrogens with one attached hydrogen (secondary N) is 1. The predicted octanol–water partition coefficient (Wildman–Crippen LogP) is 6.19. The van der Waals surface area contributed by atoms with Crippen molar-refractivity contribution in [2.75, 3.05) is 6.61 Å². The van der Waals surface area contributed by atoms with Crippen LogP contribution in [0.2, 0.25) is 0 Å². The molecule has 4 rings (SSSR count). The maximum atomic E-state index is 11.1. The number of rotatable bonds is 9. The van der Waals surface area contributed by atoms with Crippen LogP contribution in [-0.2, 0) is 24.1 Å². The standard InChI is InChI=1S/C28H33NO5/c1-5-6-22-24(10-8-21-19(15-28(2,3)4)16-34-26(21)22)33-12-11-20-14-18-13-17(25(30)27(31)32)7-9-23(18)29-20/h7-10,13-14,16,25,29-30H,5-6,11-12,15H2,1-4H3,(H,31,32). The van der Waals surface area contributed by atoms with Crippen LogP contribution in [0.5, 0.6) is 5.75 Å². The summed E-state index contributed by atoms with van der Waals surface area (Å²) in [6.45, 7) is 9.34. The monoisotopic (exact) mass is 463 g/mol. The van der Waals surface area contributed by atoms with Crippen molar-refractivity contribution in [3.05, 3.63) is 65.0 Å². The first kappa shape index (κ1) is 23.9. The number of carboxylic acid groups (broad SMARTS) is 1. The molecule has 6 heteroatoms. The van der Waals surface area contributed by atoms with Crippen LogP contribution in [0.3, 0.4) is 0 Å². The number of aromatic amines is 1. The van der Waals surface area contributed by atoms with Gasteiger partial charge in [-0.15, -0.1) is 0 Å². The molecule has 6 nitrogen and oxygen atoms in total. The molecule has 0 aliphatic carbocycles. The van der Waals surface area contributed by atoms with Gasteiger partial charge in [-0.1, -0.05) is 40.2 Å². The van der Waals surface area contributed by atoms with E-state index in [1.807, 2.05) is 12.3 Å². The van der Waals surface area contributed by atoms with Gasteiger partial charge in [-0.05, 0) is 59.7 Å². The Labute approximate surface area is 199 Å². The first-order valence-corrected chi connectivity index (χ1v) is 11.8. The van der Waals surface area contributed by atoms with Gasteiger partial charge in [0.05, 0.1) is 12.9 Å². The smallest absolute Gasteiger partial charge is 0.337 e. The van der Waals surface area contributed by atoms with Gasteiger partial charge in [-0.25, -0.2) is 4.79 Å². The fourth-order valence-corrected chi connectivity index (χ4v) is 4.45. The fourth-order valence-electron chi connectivity index (χ4n) is 4.45. The molecule has 34 heavy (non-hydrogen) atoms. The van der Waals surface area contributed by atoms with Crippen LogP contribution in [-0.4, -0.2) is 27.8 Å². The van der Waals surface area contributed by atoms with Crippen molar-refractivity contribution in [3.63, 3.8) is 0 Å². The molecule has 4 aromatic rings. The second-order valence-electron chi connectivity index (χ2n) is 10.1. The van der Waals surface area contributed by atoms with Crippen LogP contribution in [0.1, 0.15) is 62.6 Å². The number of furan rings is 1. The molecule has 1 atom stereocenters. The number of carboxylic acids is 1. The van der Waals surface area contributed by atoms with Crippen LogP contribution >= 0.6 is 0 Å².